The van der Waals surface area contributed by atoms with Gasteiger partial charge in [0.25, 0.3) is 0 Å². The molecule has 0 aliphatic carbocycles. The van der Waals surface area contributed by atoms with Gasteiger partial charge in [-0.05, 0) is 0 Å². The van der Waals surface area contributed by atoms with Crippen LogP contribution in [0.5, 0.6) is 0 Å². The number of rotatable bonds is 2. The molecule has 0 fully saturated rings. The van der Waals surface area contributed by atoms with Gasteiger partial charge in [-0.15, -0.1) is 0 Å². The van der Waals surface area contributed by atoms with E-state index in [1.807, 2.05) is 0 Å². The molecule has 0 radical (unpaired) electrons. The van der Waals surface area contributed by atoms with E-state index in [0.717, 1.165) is 0 Å². The van der Waals surface area contributed by atoms with Gasteiger partial charge in [-0.1, -0.05) is 0 Å². The van der Waals surface area contributed by atoms with Gasteiger partial charge in [0.05, 0.1) is 0 Å². The van der Waals surface area contributed by atoms with Crippen molar-refractivity contribution < 1.29 is 28.2 Å². The summed E-state index contributed by atoms with van der Waals surface area (Å²) in [7, 11) is 2.74. The molecule has 4 heteroatoms. The van der Waals surface area contributed by atoms with Crippen molar-refractivity contribution in [2.24, 2.45) is 0 Å². The Morgan fingerprint density at radius 3 is 1.67 bits per heavy atom. The molecule has 0 aromatic heterocycles. The Balaban J connectivity index is 2.99. The molecule has 0 saturated carbocycles. The third-order valence-electron chi connectivity index (χ3n) is 0.272. The van der Waals surface area contributed by atoms with Crippen LogP contribution in [0.2, 0.25) is 0 Å². The van der Waals surface area contributed by atoms with Crippen LogP contribution < -0.4 is 0 Å². The summed E-state index contributed by atoms with van der Waals surface area (Å²) in [5, 5.41) is 0. The van der Waals surface area contributed by atoms with Gasteiger partial charge in [0.1, 0.15) is 0 Å². The molecule has 38 valence electrons. The predicted octanol–water partition coefficient (Wildman–Crippen LogP) is 0.0729. The Bertz CT molecular complexity index is 46.8. The monoisotopic (exact) mass is 176 g/mol. The van der Waals surface area contributed by atoms with E-state index in [-0.39, 0.29) is 0 Å². The number of hydrogen-bond donors (Lipinski definition) is 0. The molecule has 0 heterocycles. The van der Waals surface area contributed by atoms with Gasteiger partial charge in [0.2, 0.25) is 0 Å². The summed E-state index contributed by atoms with van der Waals surface area (Å²) in [6.45, 7) is 0. The second-order valence-electron chi connectivity index (χ2n) is 0.537. The minimum atomic E-state index is -2.66. The van der Waals surface area contributed by atoms with Crippen LogP contribution in [0.1, 0.15) is 0 Å². The van der Waals surface area contributed by atoms with Crippen LogP contribution in [0.25, 0.3) is 0 Å². The quantitative estimate of drug-likeness (QED) is 0.555. The first kappa shape index (κ1) is 6.41. The third kappa shape index (κ3) is 2.64. The molecule has 0 N–H and O–H groups in total. The molecule has 0 saturated heterocycles. The van der Waals surface area contributed by atoms with Crippen LogP contribution in [0, 0.1) is 0 Å². The topological polar surface area (TPSA) is 35.5 Å². The van der Waals surface area contributed by atoms with Crippen LogP contribution in [-0.2, 0) is 28.2 Å². The van der Waals surface area contributed by atoms with Crippen molar-refractivity contribution in [1.82, 2.24) is 0 Å². The molecule has 0 aliphatic rings. The van der Waals surface area contributed by atoms with E-state index >= 15 is 0 Å². The maximum atomic E-state index is 9.99. The SMILES string of the molecule is C[O][Mo](=[O])[O]C. The zero-order valence-electron chi connectivity index (χ0n) is 3.63. The third-order valence-corrected chi connectivity index (χ3v) is 1.61. The molecule has 0 unspecified atom stereocenters. The van der Waals surface area contributed by atoms with Crippen LogP contribution in [-0.4, -0.2) is 14.2 Å². The normalized spacial score (nSPS) is 9.83. The molecule has 0 aromatic carbocycles. The molecule has 6 heavy (non-hydrogen) atoms. The Morgan fingerprint density at radius 2 is 1.67 bits per heavy atom. The number of hydrogen-bond acceptors (Lipinski definition) is 3. The molecule has 0 aliphatic heterocycles. The molecule has 0 bridgehead atoms. The fourth-order valence-electron chi connectivity index (χ4n) is 0.0680. The summed E-state index contributed by atoms with van der Waals surface area (Å²) < 4.78 is 18.6. The first-order valence-corrected chi connectivity index (χ1v) is 3.77. The van der Waals surface area contributed by atoms with Crippen LogP contribution in [0.3, 0.4) is 0 Å². The van der Waals surface area contributed by atoms with E-state index in [1.165, 1.54) is 14.2 Å². The van der Waals surface area contributed by atoms with Crippen molar-refractivity contribution in [3.63, 3.8) is 0 Å². The summed E-state index contributed by atoms with van der Waals surface area (Å²) in [6, 6.07) is 0. The van der Waals surface area contributed by atoms with Crippen molar-refractivity contribution in [3.8, 4) is 0 Å². The van der Waals surface area contributed by atoms with E-state index in [2.05, 4.69) is 6.78 Å². The van der Waals surface area contributed by atoms with Crippen LogP contribution >= 0.6 is 0 Å². The van der Waals surface area contributed by atoms with E-state index in [9.17, 15) is 3.40 Å². The minimum absolute atomic E-state index is 1.37. The van der Waals surface area contributed by atoms with Gasteiger partial charge in [-0.2, -0.15) is 0 Å². The van der Waals surface area contributed by atoms with Crippen LogP contribution in [0.4, 0.5) is 0 Å². The Morgan fingerprint density at radius 1 is 1.33 bits per heavy atom. The molecule has 3 nitrogen and oxygen atoms in total. The first-order valence-electron chi connectivity index (χ1n) is 1.32. The molecular weight excluding hydrogens is 168 g/mol. The van der Waals surface area contributed by atoms with Crippen molar-refractivity contribution in [1.29, 1.82) is 0 Å². The molecule has 0 aromatic rings. The van der Waals surface area contributed by atoms with E-state index in [1.54, 1.807) is 0 Å². The van der Waals surface area contributed by atoms with E-state index in [0.29, 0.717) is 0 Å². The molecule has 0 spiro atoms. The van der Waals surface area contributed by atoms with Gasteiger partial charge < -0.3 is 0 Å². The van der Waals surface area contributed by atoms with E-state index < -0.39 is 18.0 Å². The molecule has 0 rings (SSSR count). The second-order valence-corrected chi connectivity index (χ2v) is 3.18. The predicted molar refractivity (Wildman–Crippen MR) is 14.7 cm³/mol. The fourth-order valence-corrected chi connectivity index (χ4v) is 0.403. The van der Waals surface area contributed by atoms with Gasteiger partial charge in [0, 0.05) is 0 Å². The van der Waals surface area contributed by atoms with Crippen molar-refractivity contribution in [3.05, 3.63) is 0 Å². The second kappa shape index (κ2) is 3.59. The average molecular weight is 174 g/mol. The molecular formula is C2H6MoO3. The molecule has 0 atom stereocenters. The fraction of sp³-hybridized carbons (Fsp3) is 1.00. The standard InChI is InChI=1S/2CH3O.Mo.O/c2*1-2;;/h2*1H3;;/q2*-1;+2;. The van der Waals surface area contributed by atoms with Crippen molar-refractivity contribution in [2.45, 2.75) is 0 Å². The Labute approximate surface area is 43.0 Å². The summed E-state index contributed by atoms with van der Waals surface area (Å²) in [6.07, 6.45) is 0. The van der Waals surface area contributed by atoms with Crippen molar-refractivity contribution in [2.75, 3.05) is 14.2 Å². The van der Waals surface area contributed by atoms with Gasteiger partial charge in [0.15, 0.2) is 0 Å². The summed E-state index contributed by atoms with van der Waals surface area (Å²) in [4.78, 5) is 0. The maximum absolute atomic E-state index is 9.99. The van der Waals surface area contributed by atoms with Gasteiger partial charge in [-0.3, -0.25) is 0 Å². The zero-order valence-corrected chi connectivity index (χ0v) is 5.64. The Kier molecular flexibility index (Phi) is 3.84. The summed E-state index contributed by atoms with van der Waals surface area (Å²) >= 11 is -2.66. The van der Waals surface area contributed by atoms with Gasteiger partial charge >= 0.3 is 42.4 Å². The Hall–Kier alpha value is 0.408. The zero-order chi connectivity index (χ0) is 4.99. The van der Waals surface area contributed by atoms with Crippen LogP contribution in [0.15, 0.2) is 0 Å². The summed E-state index contributed by atoms with van der Waals surface area (Å²) in [5.74, 6) is 0. The average Bonchev–Trinajstić information content (AvgIpc) is 1.65. The van der Waals surface area contributed by atoms with Gasteiger partial charge in [-0.25, -0.2) is 0 Å². The van der Waals surface area contributed by atoms with E-state index in [4.69, 9.17) is 0 Å². The molecule has 0 amide bonds. The first-order chi connectivity index (χ1) is 2.81. The van der Waals surface area contributed by atoms with Crippen molar-refractivity contribution >= 4 is 0 Å². The summed E-state index contributed by atoms with van der Waals surface area (Å²) in [5.41, 5.74) is 0.